The molecule has 1 aliphatic rings. The molecule has 0 bridgehead atoms. The maximum Gasteiger partial charge on any atom is 0.248 e. The lowest BCUT2D eigenvalue weighted by Gasteiger charge is -2.32. The predicted octanol–water partition coefficient (Wildman–Crippen LogP) is 6.10. The third-order valence-corrected chi connectivity index (χ3v) is 4.70. The van der Waals surface area contributed by atoms with Crippen LogP contribution in [0.5, 0.6) is 11.5 Å². The van der Waals surface area contributed by atoms with E-state index in [0.717, 1.165) is 17.2 Å². The summed E-state index contributed by atoms with van der Waals surface area (Å²) in [5, 5.41) is 3.43. The second kappa shape index (κ2) is 7.20. The van der Waals surface area contributed by atoms with Crippen molar-refractivity contribution < 1.29 is 13.5 Å². The Morgan fingerprint density at radius 1 is 0.958 bits per heavy atom. The highest BCUT2D eigenvalue weighted by atomic mass is 19.3. The van der Waals surface area contributed by atoms with Gasteiger partial charge in [-0.15, -0.1) is 0 Å². The van der Waals surface area contributed by atoms with Crippen LogP contribution in [0.15, 0.2) is 54.6 Å². The Morgan fingerprint density at radius 3 is 2.17 bits per heavy atom. The second-order valence-electron chi connectivity index (χ2n) is 6.57. The number of benzene rings is 2. The molecule has 0 radical (unpaired) electrons. The molecule has 0 aliphatic heterocycles. The highest BCUT2D eigenvalue weighted by molar-refractivity contribution is 5.47. The fraction of sp³-hybridized carbons (Fsp3) is 0.400. The van der Waals surface area contributed by atoms with Gasteiger partial charge in [0.15, 0.2) is 0 Å². The minimum absolute atomic E-state index is 0.00748. The number of nitrogens with one attached hydrogen (secondary N) is 1. The molecular weight excluding hydrogens is 308 g/mol. The van der Waals surface area contributed by atoms with Crippen molar-refractivity contribution >= 4 is 5.69 Å². The molecule has 0 spiro atoms. The summed E-state index contributed by atoms with van der Waals surface area (Å²) in [7, 11) is 0. The van der Waals surface area contributed by atoms with Crippen molar-refractivity contribution in [2.45, 2.75) is 44.6 Å². The van der Waals surface area contributed by atoms with Crippen LogP contribution in [-0.2, 0) is 0 Å². The molecule has 3 rings (SSSR count). The fourth-order valence-corrected chi connectivity index (χ4v) is 3.19. The molecular formula is C20H23F2NO. The summed E-state index contributed by atoms with van der Waals surface area (Å²) in [6, 6.07) is 17.6. The monoisotopic (exact) mass is 331 g/mol. The van der Waals surface area contributed by atoms with Gasteiger partial charge in [0, 0.05) is 24.6 Å². The standard InChI is InChI=1S/C20H23F2NO/c1-15(16-11-13-20(21,22)14-12-16)23-17-7-9-19(10-8-17)24-18-5-3-2-4-6-18/h2-10,15-16,23H,11-14H2,1H3. The number of hydrogen-bond acceptors (Lipinski definition) is 2. The normalized spacial score (nSPS) is 18.8. The van der Waals surface area contributed by atoms with Gasteiger partial charge < -0.3 is 10.1 Å². The Kier molecular flexibility index (Phi) is 5.03. The van der Waals surface area contributed by atoms with Crippen molar-refractivity contribution in [2.75, 3.05) is 5.32 Å². The van der Waals surface area contributed by atoms with Crippen LogP contribution in [0.3, 0.4) is 0 Å². The Hall–Kier alpha value is -2.10. The summed E-state index contributed by atoms with van der Waals surface area (Å²) < 4.78 is 32.3. The first-order valence-electron chi connectivity index (χ1n) is 8.49. The number of alkyl halides is 2. The van der Waals surface area contributed by atoms with Gasteiger partial charge in [-0.1, -0.05) is 18.2 Å². The number of ether oxygens (including phenoxy) is 1. The van der Waals surface area contributed by atoms with Gasteiger partial charge in [0.2, 0.25) is 5.92 Å². The molecule has 0 amide bonds. The van der Waals surface area contributed by atoms with Gasteiger partial charge in [-0.2, -0.15) is 0 Å². The maximum atomic E-state index is 13.3. The predicted molar refractivity (Wildman–Crippen MR) is 92.9 cm³/mol. The van der Waals surface area contributed by atoms with Crippen LogP contribution in [0.1, 0.15) is 32.6 Å². The Labute approximate surface area is 141 Å². The number of hydrogen-bond donors (Lipinski definition) is 1. The molecule has 24 heavy (non-hydrogen) atoms. The molecule has 1 aliphatic carbocycles. The van der Waals surface area contributed by atoms with Gasteiger partial charge in [0.1, 0.15) is 11.5 Å². The summed E-state index contributed by atoms with van der Waals surface area (Å²) in [4.78, 5) is 0. The quantitative estimate of drug-likeness (QED) is 0.714. The number of anilines is 1. The molecule has 0 aromatic heterocycles. The maximum absolute atomic E-state index is 13.3. The molecule has 1 saturated carbocycles. The van der Waals surface area contributed by atoms with E-state index in [4.69, 9.17) is 4.74 Å². The Morgan fingerprint density at radius 2 is 1.54 bits per heavy atom. The highest BCUT2D eigenvalue weighted by Crippen LogP contribution is 2.38. The first-order chi connectivity index (χ1) is 11.5. The lowest BCUT2D eigenvalue weighted by atomic mass is 9.82. The van der Waals surface area contributed by atoms with Crippen LogP contribution in [0, 0.1) is 5.92 Å². The van der Waals surface area contributed by atoms with Crippen molar-refractivity contribution in [2.24, 2.45) is 5.92 Å². The van der Waals surface area contributed by atoms with Crippen LogP contribution in [-0.4, -0.2) is 12.0 Å². The van der Waals surface area contributed by atoms with Crippen molar-refractivity contribution in [1.29, 1.82) is 0 Å². The lowest BCUT2D eigenvalue weighted by molar-refractivity contribution is -0.0469. The van der Waals surface area contributed by atoms with Gasteiger partial charge in [-0.25, -0.2) is 8.78 Å². The van der Waals surface area contributed by atoms with Gasteiger partial charge in [-0.3, -0.25) is 0 Å². The third-order valence-electron chi connectivity index (χ3n) is 4.70. The average Bonchev–Trinajstić information content (AvgIpc) is 2.57. The van der Waals surface area contributed by atoms with Crippen molar-refractivity contribution in [3.05, 3.63) is 54.6 Å². The molecule has 0 heterocycles. The number of halogens is 2. The van der Waals surface area contributed by atoms with E-state index < -0.39 is 5.92 Å². The molecule has 128 valence electrons. The first kappa shape index (κ1) is 16.7. The molecule has 4 heteroatoms. The van der Waals surface area contributed by atoms with Crippen LogP contribution >= 0.6 is 0 Å². The van der Waals surface area contributed by atoms with Crippen LogP contribution < -0.4 is 10.1 Å². The van der Waals surface area contributed by atoms with Gasteiger partial charge in [0.25, 0.3) is 0 Å². The van der Waals surface area contributed by atoms with E-state index in [1.165, 1.54) is 0 Å². The van der Waals surface area contributed by atoms with Gasteiger partial charge >= 0.3 is 0 Å². The smallest absolute Gasteiger partial charge is 0.248 e. The molecule has 2 aromatic rings. The first-order valence-corrected chi connectivity index (χ1v) is 8.49. The van der Waals surface area contributed by atoms with E-state index in [9.17, 15) is 8.78 Å². The van der Waals surface area contributed by atoms with E-state index in [0.29, 0.717) is 18.8 Å². The Balaban J connectivity index is 1.54. The largest absolute Gasteiger partial charge is 0.457 e. The molecule has 2 nitrogen and oxygen atoms in total. The van der Waals surface area contributed by atoms with Gasteiger partial charge in [0.05, 0.1) is 0 Å². The molecule has 0 saturated heterocycles. The van der Waals surface area contributed by atoms with Crippen molar-refractivity contribution in [1.82, 2.24) is 0 Å². The highest BCUT2D eigenvalue weighted by Gasteiger charge is 2.36. The molecule has 1 unspecified atom stereocenters. The van der Waals surface area contributed by atoms with E-state index in [1.807, 2.05) is 54.6 Å². The van der Waals surface area contributed by atoms with Crippen molar-refractivity contribution in [3.8, 4) is 11.5 Å². The average molecular weight is 331 g/mol. The molecule has 1 fully saturated rings. The Bertz CT molecular complexity index is 632. The molecule has 2 aromatic carbocycles. The summed E-state index contributed by atoms with van der Waals surface area (Å²) in [6.07, 6.45) is 1.17. The van der Waals surface area contributed by atoms with Crippen LogP contribution in [0.4, 0.5) is 14.5 Å². The van der Waals surface area contributed by atoms with E-state index in [2.05, 4.69) is 12.2 Å². The zero-order chi connectivity index (χ0) is 17.0. The van der Waals surface area contributed by atoms with Crippen molar-refractivity contribution in [3.63, 3.8) is 0 Å². The lowest BCUT2D eigenvalue weighted by Crippen LogP contribution is -2.33. The zero-order valence-corrected chi connectivity index (χ0v) is 13.8. The number of para-hydroxylation sites is 1. The molecule has 1 atom stereocenters. The number of rotatable bonds is 5. The van der Waals surface area contributed by atoms with Crippen LogP contribution in [0.25, 0.3) is 0 Å². The summed E-state index contributed by atoms with van der Waals surface area (Å²) in [6.45, 7) is 2.07. The SMILES string of the molecule is CC(Nc1ccc(Oc2ccccc2)cc1)C1CCC(F)(F)CC1. The minimum atomic E-state index is -2.47. The van der Waals surface area contributed by atoms with E-state index in [1.54, 1.807) is 0 Å². The van der Waals surface area contributed by atoms with E-state index >= 15 is 0 Å². The minimum Gasteiger partial charge on any atom is -0.457 e. The zero-order valence-electron chi connectivity index (χ0n) is 13.8. The van der Waals surface area contributed by atoms with Gasteiger partial charge in [-0.05, 0) is 62.1 Å². The third kappa shape index (κ3) is 4.47. The fourth-order valence-electron chi connectivity index (χ4n) is 3.19. The molecule has 1 N–H and O–H groups in total. The second-order valence-corrected chi connectivity index (χ2v) is 6.57. The van der Waals surface area contributed by atoms with E-state index in [-0.39, 0.29) is 18.9 Å². The topological polar surface area (TPSA) is 21.3 Å². The summed E-state index contributed by atoms with van der Waals surface area (Å²) in [5.74, 6) is -0.594. The summed E-state index contributed by atoms with van der Waals surface area (Å²) in [5.41, 5.74) is 0.986. The summed E-state index contributed by atoms with van der Waals surface area (Å²) >= 11 is 0. The van der Waals surface area contributed by atoms with Crippen LogP contribution in [0.2, 0.25) is 0 Å².